The van der Waals surface area contributed by atoms with Crippen molar-refractivity contribution in [2.75, 3.05) is 19.8 Å². The van der Waals surface area contributed by atoms with Gasteiger partial charge < -0.3 is 19.1 Å². The molecule has 84 valence electrons. The van der Waals surface area contributed by atoms with Gasteiger partial charge in [-0.2, -0.15) is 0 Å². The molecule has 1 fully saturated rings. The minimum absolute atomic E-state index is 0.00531. The van der Waals surface area contributed by atoms with Gasteiger partial charge in [0.2, 0.25) is 0 Å². The van der Waals surface area contributed by atoms with Crippen LogP contribution in [0.15, 0.2) is 0 Å². The van der Waals surface area contributed by atoms with E-state index < -0.39 is 8.56 Å². The largest absolute Gasteiger partial charge is 0.410 e. The maximum atomic E-state index is 9.63. The number of ether oxygens (including phenoxy) is 2. The summed E-state index contributed by atoms with van der Waals surface area (Å²) in [5.41, 5.74) is -0.00531. The summed E-state index contributed by atoms with van der Waals surface area (Å²) in [6.45, 7) is 5.76. The summed E-state index contributed by atoms with van der Waals surface area (Å²) >= 11 is 0. The van der Waals surface area contributed by atoms with E-state index in [4.69, 9.17) is 9.47 Å². The van der Waals surface area contributed by atoms with Crippen LogP contribution in [-0.2, 0) is 9.47 Å². The van der Waals surface area contributed by atoms with Gasteiger partial charge in [-0.25, -0.2) is 0 Å². The molecule has 0 bridgehead atoms. The summed E-state index contributed by atoms with van der Waals surface area (Å²) in [7, 11) is -2.95. The van der Waals surface area contributed by atoms with Crippen molar-refractivity contribution in [3.8, 4) is 0 Å². The lowest BCUT2D eigenvalue weighted by Gasteiger charge is -2.21. The SMILES string of the molecule is CC(C)[Si](O)(O)CCCOCC1CO1. The first-order valence-electron chi connectivity index (χ1n) is 5.16. The number of hydrogen-bond donors (Lipinski definition) is 2. The van der Waals surface area contributed by atoms with Crippen molar-refractivity contribution in [1.82, 2.24) is 0 Å². The zero-order valence-electron chi connectivity index (χ0n) is 8.90. The Morgan fingerprint density at radius 2 is 2.14 bits per heavy atom. The molecule has 0 aromatic heterocycles. The summed E-state index contributed by atoms with van der Waals surface area (Å²) in [6.07, 6.45) is 1.02. The van der Waals surface area contributed by atoms with Crippen LogP contribution in [0.4, 0.5) is 0 Å². The summed E-state index contributed by atoms with van der Waals surface area (Å²) in [4.78, 5) is 19.3. The van der Waals surface area contributed by atoms with E-state index in [0.29, 0.717) is 25.4 Å². The fourth-order valence-electron chi connectivity index (χ4n) is 1.10. The van der Waals surface area contributed by atoms with E-state index >= 15 is 0 Å². The molecule has 1 saturated heterocycles. The lowest BCUT2D eigenvalue weighted by Crippen LogP contribution is -2.38. The van der Waals surface area contributed by atoms with Crippen LogP contribution >= 0.6 is 0 Å². The molecule has 0 aromatic carbocycles. The van der Waals surface area contributed by atoms with Crippen LogP contribution < -0.4 is 0 Å². The molecule has 0 aliphatic carbocycles. The van der Waals surface area contributed by atoms with Gasteiger partial charge in [-0.05, 0) is 18.0 Å². The second-order valence-electron chi connectivity index (χ2n) is 4.17. The second kappa shape index (κ2) is 5.23. The van der Waals surface area contributed by atoms with Gasteiger partial charge in [0.1, 0.15) is 6.10 Å². The summed E-state index contributed by atoms with van der Waals surface area (Å²) in [6, 6.07) is 0.496. The van der Waals surface area contributed by atoms with Crippen LogP contribution in [0.1, 0.15) is 20.3 Å². The topological polar surface area (TPSA) is 62.2 Å². The maximum absolute atomic E-state index is 9.63. The van der Waals surface area contributed by atoms with E-state index in [2.05, 4.69) is 0 Å². The molecule has 0 radical (unpaired) electrons. The molecule has 1 unspecified atom stereocenters. The van der Waals surface area contributed by atoms with E-state index in [9.17, 15) is 9.59 Å². The van der Waals surface area contributed by atoms with E-state index in [0.717, 1.165) is 13.0 Å². The second-order valence-corrected chi connectivity index (χ2v) is 7.58. The molecule has 1 aliphatic heterocycles. The molecule has 0 saturated carbocycles. The third kappa shape index (κ3) is 4.52. The Morgan fingerprint density at radius 1 is 1.50 bits per heavy atom. The molecular weight excluding hydrogens is 200 g/mol. The lowest BCUT2D eigenvalue weighted by molar-refractivity contribution is 0.115. The van der Waals surface area contributed by atoms with Crippen LogP contribution in [0.5, 0.6) is 0 Å². The monoisotopic (exact) mass is 220 g/mol. The molecule has 1 rings (SSSR count). The molecular formula is C9H20O4Si. The normalized spacial score (nSPS) is 21.6. The number of epoxide rings is 1. The Labute approximate surface area is 86.1 Å². The molecule has 2 N–H and O–H groups in total. The Balaban J connectivity index is 1.96. The van der Waals surface area contributed by atoms with Crippen molar-refractivity contribution >= 4 is 8.56 Å². The van der Waals surface area contributed by atoms with Crippen LogP contribution in [0.25, 0.3) is 0 Å². The molecule has 1 atom stereocenters. The summed E-state index contributed by atoms with van der Waals surface area (Å²) < 4.78 is 10.3. The van der Waals surface area contributed by atoms with Crippen LogP contribution in [0, 0.1) is 0 Å². The van der Waals surface area contributed by atoms with Gasteiger partial charge in [0, 0.05) is 6.61 Å². The Kier molecular flexibility index (Phi) is 4.53. The Bertz CT molecular complexity index is 168. The summed E-state index contributed by atoms with van der Waals surface area (Å²) in [5.74, 6) is 0. The van der Waals surface area contributed by atoms with E-state index in [-0.39, 0.29) is 5.54 Å². The fraction of sp³-hybridized carbons (Fsp3) is 1.00. The van der Waals surface area contributed by atoms with Crippen molar-refractivity contribution in [1.29, 1.82) is 0 Å². The minimum atomic E-state index is -2.95. The third-order valence-electron chi connectivity index (χ3n) is 2.46. The molecule has 0 spiro atoms. The fourth-order valence-corrected chi connectivity index (χ4v) is 2.34. The first-order chi connectivity index (χ1) is 6.52. The van der Waals surface area contributed by atoms with Crippen molar-refractivity contribution in [3.05, 3.63) is 0 Å². The van der Waals surface area contributed by atoms with Crippen molar-refractivity contribution in [2.24, 2.45) is 0 Å². The predicted octanol–water partition coefficient (Wildman–Crippen LogP) is 0.629. The zero-order chi connectivity index (χ0) is 10.6. The van der Waals surface area contributed by atoms with Gasteiger partial charge in [0.25, 0.3) is 0 Å². The molecule has 14 heavy (non-hydrogen) atoms. The van der Waals surface area contributed by atoms with Crippen molar-refractivity contribution in [2.45, 2.75) is 38.0 Å². The standard InChI is InChI=1S/C9H20O4Si/c1-8(2)14(10,11)5-3-4-12-6-9-7-13-9/h8-11H,3-7H2,1-2H3. The highest BCUT2D eigenvalue weighted by atomic mass is 28.4. The molecule has 1 aliphatic rings. The molecule has 1 heterocycles. The molecule has 4 nitrogen and oxygen atoms in total. The quantitative estimate of drug-likeness (QED) is 0.375. The highest BCUT2D eigenvalue weighted by Crippen LogP contribution is 2.20. The van der Waals surface area contributed by atoms with Gasteiger partial charge in [-0.15, -0.1) is 0 Å². The smallest absolute Gasteiger partial charge is 0.335 e. The average Bonchev–Trinajstić information content (AvgIpc) is 2.87. The first kappa shape index (κ1) is 12.1. The average molecular weight is 220 g/mol. The van der Waals surface area contributed by atoms with Crippen molar-refractivity contribution in [3.63, 3.8) is 0 Å². The zero-order valence-corrected chi connectivity index (χ0v) is 9.90. The van der Waals surface area contributed by atoms with Crippen LogP contribution in [-0.4, -0.2) is 44.1 Å². The highest BCUT2D eigenvalue weighted by Gasteiger charge is 2.32. The number of rotatable bonds is 7. The molecule has 0 aromatic rings. The molecule has 0 amide bonds. The number of hydrogen-bond acceptors (Lipinski definition) is 4. The Morgan fingerprint density at radius 3 is 2.64 bits per heavy atom. The van der Waals surface area contributed by atoms with Gasteiger partial charge in [0.05, 0.1) is 13.2 Å². The van der Waals surface area contributed by atoms with Crippen LogP contribution in [0.3, 0.4) is 0 Å². The first-order valence-corrected chi connectivity index (χ1v) is 7.34. The molecule has 5 heteroatoms. The predicted molar refractivity (Wildman–Crippen MR) is 55.3 cm³/mol. The van der Waals surface area contributed by atoms with E-state index in [1.165, 1.54) is 0 Å². The third-order valence-corrected chi connectivity index (χ3v) is 5.40. The van der Waals surface area contributed by atoms with E-state index in [1.807, 2.05) is 13.8 Å². The van der Waals surface area contributed by atoms with Gasteiger partial charge in [-0.3, -0.25) is 0 Å². The highest BCUT2D eigenvalue weighted by molar-refractivity contribution is 6.66. The van der Waals surface area contributed by atoms with Gasteiger partial charge in [0.15, 0.2) is 0 Å². The van der Waals surface area contributed by atoms with Gasteiger partial charge >= 0.3 is 8.56 Å². The van der Waals surface area contributed by atoms with Gasteiger partial charge in [-0.1, -0.05) is 13.8 Å². The van der Waals surface area contributed by atoms with E-state index in [1.54, 1.807) is 0 Å². The maximum Gasteiger partial charge on any atom is 0.335 e. The van der Waals surface area contributed by atoms with Crippen molar-refractivity contribution < 1.29 is 19.1 Å². The minimum Gasteiger partial charge on any atom is -0.410 e. The van der Waals surface area contributed by atoms with Crippen LogP contribution in [0.2, 0.25) is 11.6 Å². The summed E-state index contributed by atoms with van der Waals surface area (Å²) in [5, 5.41) is 0. The Hall–Kier alpha value is 0.0569. The lowest BCUT2D eigenvalue weighted by atomic mass is 10.5.